The second-order valence-corrected chi connectivity index (χ2v) is 6.23. The normalized spacial score (nSPS) is 13.6. The van der Waals surface area contributed by atoms with E-state index in [1.54, 1.807) is 6.92 Å². The summed E-state index contributed by atoms with van der Waals surface area (Å²) in [6.45, 7) is 9.64. The first-order valence-corrected chi connectivity index (χ1v) is 8.35. The lowest BCUT2D eigenvalue weighted by molar-refractivity contribution is 0.0518. The highest BCUT2D eigenvalue weighted by Crippen LogP contribution is 2.27. The molecule has 0 spiro atoms. The Morgan fingerprint density at radius 3 is 2.75 bits per heavy atom. The number of anilines is 1. The van der Waals surface area contributed by atoms with Gasteiger partial charge < -0.3 is 9.64 Å². The van der Waals surface area contributed by atoms with E-state index in [-0.39, 0.29) is 5.97 Å². The van der Waals surface area contributed by atoms with Gasteiger partial charge in [0.2, 0.25) is 0 Å². The maximum atomic E-state index is 12.2. The molecule has 1 aromatic carbocycles. The average molecular weight is 325 g/mol. The number of hydrogen-bond acceptors (Lipinski definition) is 5. The fraction of sp³-hybridized carbons (Fsp3) is 0.421. The van der Waals surface area contributed by atoms with Gasteiger partial charge in [-0.2, -0.15) is 0 Å². The lowest BCUT2D eigenvalue weighted by Gasteiger charge is -2.31. The van der Waals surface area contributed by atoms with E-state index in [1.165, 1.54) is 16.7 Å². The van der Waals surface area contributed by atoms with Gasteiger partial charge in [-0.15, -0.1) is 0 Å². The summed E-state index contributed by atoms with van der Waals surface area (Å²) in [4.78, 5) is 23.3. The molecule has 1 aromatic heterocycles. The van der Waals surface area contributed by atoms with Crippen molar-refractivity contribution in [3.63, 3.8) is 0 Å². The van der Waals surface area contributed by atoms with Crippen LogP contribution in [-0.2, 0) is 17.7 Å². The Morgan fingerprint density at radius 1 is 1.21 bits per heavy atom. The van der Waals surface area contributed by atoms with Gasteiger partial charge in [0.15, 0.2) is 5.69 Å². The molecule has 0 amide bonds. The quantitative estimate of drug-likeness (QED) is 0.812. The standard InChI is InChI=1S/C19H23N3O2/c1-5-24-19(23)17-13(3)18(21-14(4)20-17)22-9-8-15-7-6-12(2)10-16(15)11-22/h6-7,10H,5,8-9,11H2,1-4H3. The van der Waals surface area contributed by atoms with Crippen molar-refractivity contribution in [1.29, 1.82) is 0 Å². The van der Waals surface area contributed by atoms with Crippen LogP contribution in [0.25, 0.3) is 0 Å². The molecule has 5 heteroatoms. The second kappa shape index (κ2) is 6.59. The molecule has 24 heavy (non-hydrogen) atoms. The van der Waals surface area contributed by atoms with Gasteiger partial charge in [0.05, 0.1) is 6.61 Å². The van der Waals surface area contributed by atoms with Crippen molar-refractivity contribution in [2.45, 2.75) is 40.7 Å². The number of carbonyl (C=O) groups is 1. The third-order valence-corrected chi connectivity index (χ3v) is 4.37. The molecule has 1 aliphatic heterocycles. The van der Waals surface area contributed by atoms with Gasteiger partial charge in [0, 0.05) is 18.7 Å². The maximum absolute atomic E-state index is 12.2. The van der Waals surface area contributed by atoms with E-state index in [2.05, 4.69) is 40.0 Å². The molecule has 1 aliphatic rings. The molecule has 0 radical (unpaired) electrons. The summed E-state index contributed by atoms with van der Waals surface area (Å²) in [5, 5.41) is 0. The van der Waals surface area contributed by atoms with E-state index >= 15 is 0 Å². The Labute approximate surface area is 142 Å². The number of carbonyl (C=O) groups excluding carboxylic acids is 1. The molecule has 0 N–H and O–H groups in total. The van der Waals surface area contributed by atoms with E-state index < -0.39 is 0 Å². The predicted molar refractivity (Wildman–Crippen MR) is 93.4 cm³/mol. The van der Waals surface area contributed by atoms with Crippen LogP contribution in [-0.4, -0.2) is 29.1 Å². The van der Waals surface area contributed by atoms with Crippen LogP contribution in [0.3, 0.4) is 0 Å². The Kier molecular flexibility index (Phi) is 4.51. The van der Waals surface area contributed by atoms with Gasteiger partial charge in [-0.1, -0.05) is 23.8 Å². The van der Waals surface area contributed by atoms with Gasteiger partial charge in [0.1, 0.15) is 11.6 Å². The fourth-order valence-electron chi connectivity index (χ4n) is 3.19. The van der Waals surface area contributed by atoms with Crippen LogP contribution >= 0.6 is 0 Å². The van der Waals surface area contributed by atoms with Crippen molar-refractivity contribution in [2.24, 2.45) is 0 Å². The number of ether oxygens (including phenoxy) is 1. The molecule has 0 unspecified atom stereocenters. The average Bonchev–Trinajstić information content (AvgIpc) is 2.56. The minimum absolute atomic E-state index is 0.340. The van der Waals surface area contributed by atoms with Gasteiger partial charge in [-0.05, 0) is 45.2 Å². The van der Waals surface area contributed by atoms with Crippen molar-refractivity contribution in [3.8, 4) is 0 Å². The van der Waals surface area contributed by atoms with Crippen LogP contribution in [0.5, 0.6) is 0 Å². The van der Waals surface area contributed by atoms with Crippen LogP contribution in [0, 0.1) is 20.8 Å². The molecule has 0 fully saturated rings. The van der Waals surface area contributed by atoms with E-state index in [4.69, 9.17) is 4.74 Å². The highest BCUT2D eigenvalue weighted by Gasteiger charge is 2.23. The van der Waals surface area contributed by atoms with Crippen LogP contribution < -0.4 is 4.90 Å². The maximum Gasteiger partial charge on any atom is 0.357 e. The molecule has 3 rings (SSSR count). The second-order valence-electron chi connectivity index (χ2n) is 6.23. The molecule has 5 nitrogen and oxygen atoms in total. The fourth-order valence-corrected chi connectivity index (χ4v) is 3.19. The predicted octanol–water partition coefficient (Wildman–Crippen LogP) is 3.14. The molecule has 2 aromatic rings. The summed E-state index contributed by atoms with van der Waals surface area (Å²) >= 11 is 0. The first kappa shape index (κ1) is 16.4. The number of aromatic nitrogens is 2. The zero-order valence-electron chi connectivity index (χ0n) is 14.7. The SMILES string of the molecule is CCOC(=O)c1nc(C)nc(N2CCc3ccc(C)cc3C2)c1C. The first-order chi connectivity index (χ1) is 11.5. The van der Waals surface area contributed by atoms with Crippen molar-refractivity contribution < 1.29 is 9.53 Å². The van der Waals surface area contributed by atoms with E-state index in [0.29, 0.717) is 18.1 Å². The molecule has 0 bridgehead atoms. The summed E-state index contributed by atoms with van der Waals surface area (Å²) in [6, 6.07) is 6.61. The monoisotopic (exact) mass is 325 g/mol. The topological polar surface area (TPSA) is 55.3 Å². The van der Waals surface area contributed by atoms with Gasteiger partial charge in [-0.3, -0.25) is 0 Å². The van der Waals surface area contributed by atoms with Crippen LogP contribution in [0.1, 0.15) is 45.5 Å². The van der Waals surface area contributed by atoms with E-state index in [1.807, 2.05) is 13.8 Å². The summed E-state index contributed by atoms with van der Waals surface area (Å²) < 4.78 is 5.13. The molecule has 0 aliphatic carbocycles. The lowest BCUT2D eigenvalue weighted by Crippen LogP contribution is -2.32. The van der Waals surface area contributed by atoms with Crippen molar-refractivity contribution in [1.82, 2.24) is 9.97 Å². The van der Waals surface area contributed by atoms with E-state index in [9.17, 15) is 4.79 Å². The zero-order valence-corrected chi connectivity index (χ0v) is 14.7. The largest absolute Gasteiger partial charge is 0.461 e. The molecular formula is C19H23N3O2. The van der Waals surface area contributed by atoms with E-state index in [0.717, 1.165) is 30.9 Å². The number of hydrogen-bond donors (Lipinski definition) is 0. The lowest BCUT2D eigenvalue weighted by atomic mass is 9.97. The van der Waals surface area contributed by atoms with Crippen molar-refractivity contribution in [2.75, 3.05) is 18.1 Å². The van der Waals surface area contributed by atoms with Gasteiger partial charge in [0.25, 0.3) is 0 Å². The molecule has 0 saturated heterocycles. The summed E-state index contributed by atoms with van der Waals surface area (Å²) in [5.41, 5.74) is 5.14. The molecule has 0 atom stereocenters. The third kappa shape index (κ3) is 3.11. The van der Waals surface area contributed by atoms with Crippen LogP contribution in [0.2, 0.25) is 0 Å². The zero-order chi connectivity index (χ0) is 17.3. The highest BCUT2D eigenvalue weighted by molar-refractivity contribution is 5.90. The van der Waals surface area contributed by atoms with Crippen molar-refractivity contribution >= 4 is 11.8 Å². The summed E-state index contributed by atoms with van der Waals surface area (Å²) in [6.07, 6.45) is 0.979. The first-order valence-electron chi connectivity index (χ1n) is 8.35. The Balaban J connectivity index is 1.97. The minimum Gasteiger partial charge on any atom is -0.461 e. The minimum atomic E-state index is -0.380. The Hall–Kier alpha value is -2.43. The molecule has 0 saturated carbocycles. The third-order valence-electron chi connectivity index (χ3n) is 4.37. The van der Waals surface area contributed by atoms with Crippen molar-refractivity contribution in [3.05, 3.63) is 52.0 Å². The number of aryl methyl sites for hydroxylation is 2. The number of fused-ring (bicyclic) bond motifs is 1. The number of rotatable bonds is 3. The van der Waals surface area contributed by atoms with Gasteiger partial charge >= 0.3 is 5.97 Å². The number of esters is 1. The Morgan fingerprint density at radius 2 is 2.00 bits per heavy atom. The highest BCUT2D eigenvalue weighted by atomic mass is 16.5. The van der Waals surface area contributed by atoms with Crippen LogP contribution in [0.4, 0.5) is 5.82 Å². The molecule has 126 valence electrons. The smallest absolute Gasteiger partial charge is 0.357 e. The van der Waals surface area contributed by atoms with Gasteiger partial charge in [-0.25, -0.2) is 14.8 Å². The number of benzene rings is 1. The summed E-state index contributed by atoms with van der Waals surface area (Å²) in [5.74, 6) is 1.04. The Bertz CT molecular complexity index is 786. The molecular weight excluding hydrogens is 302 g/mol. The number of nitrogens with zero attached hydrogens (tertiary/aromatic N) is 3. The summed E-state index contributed by atoms with van der Waals surface area (Å²) in [7, 11) is 0. The molecule has 2 heterocycles. The van der Waals surface area contributed by atoms with Crippen LogP contribution in [0.15, 0.2) is 18.2 Å².